The molecule has 1 saturated carbocycles. The number of hydrogen-bond acceptors (Lipinski definition) is 5. The van der Waals surface area contributed by atoms with E-state index >= 15 is 0 Å². The van der Waals surface area contributed by atoms with E-state index in [1.54, 1.807) is 19.2 Å². The first-order valence-corrected chi connectivity index (χ1v) is 10.5. The van der Waals surface area contributed by atoms with Crippen molar-refractivity contribution in [2.75, 3.05) is 20.2 Å². The zero-order valence-electron chi connectivity index (χ0n) is 15.4. The number of sulfonamides is 1. The first kappa shape index (κ1) is 19.3. The number of hydrogen-bond donors (Lipinski definition) is 2. The van der Waals surface area contributed by atoms with Gasteiger partial charge < -0.3 is 10.1 Å². The van der Waals surface area contributed by atoms with E-state index in [0.717, 1.165) is 12.8 Å². The van der Waals surface area contributed by atoms with Crippen molar-refractivity contribution in [3.8, 4) is 0 Å². The van der Waals surface area contributed by atoms with Crippen LogP contribution in [0.15, 0.2) is 29.2 Å². The normalized spacial score (nSPS) is 24.2. The van der Waals surface area contributed by atoms with Gasteiger partial charge in [0.25, 0.3) is 5.91 Å². The molecule has 3 rings (SSSR count). The molecular formula is C18H27N3O4S. The van der Waals surface area contributed by atoms with Crippen LogP contribution in [0.2, 0.25) is 0 Å². The van der Waals surface area contributed by atoms with Gasteiger partial charge in [-0.15, -0.1) is 0 Å². The summed E-state index contributed by atoms with van der Waals surface area (Å²) < 4.78 is 33.9. The lowest BCUT2D eigenvalue weighted by molar-refractivity contribution is 0.0920. The molecule has 2 N–H and O–H groups in total. The molecule has 7 nitrogen and oxygen atoms in total. The summed E-state index contributed by atoms with van der Waals surface area (Å²) in [5.41, 5.74) is 0.360. The molecule has 1 aliphatic carbocycles. The molecular weight excluding hydrogens is 354 g/mol. The predicted molar refractivity (Wildman–Crippen MR) is 98.5 cm³/mol. The summed E-state index contributed by atoms with van der Waals surface area (Å²) in [6.45, 7) is 5.43. The molecule has 2 fully saturated rings. The Kier molecular flexibility index (Phi) is 5.67. The smallest absolute Gasteiger partial charge is 0.251 e. The molecule has 1 aliphatic heterocycles. The second-order valence-corrected chi connectivity index (χ2v) is 9.04. The van der Waals surface area contributed by atoms with Gasteiger partial charge in [-0.1, -0.05) is 6.07 Å². The minimum absolute atomic E-state index is 0.0961. The van der Waals surface area contributed by atoms with Gasteiger partial charge >= 0.3 is 0 Å². The SMILES string of the molecule is CO[C@H]1CN(C(C)C)C[C@@H]1NS(=O)(=O)c1cccc(C(=O)NC2CC2)c1. The fourth-order valence-corrected chi connectivity index (χ4v) is 4.45. The van der Waals surface area contributed by atoms with E-state index in [-0.39, 0.29) is 29.0 Å². The number of methoxy groups -OCH3 is 1. The Morgan fingerprint density at radius 2 is 2.00 bits per heavy atom. The Hall–Kier alpha value is -1.48. The molecule has 0 unspecified atom stereocenters. The number of carbonyl (C=O) groups is 1. The number of ether oxygens (including phenoxy) is 1. The predicted octanol–water partition coefficient (Wildman–Crippen LogP) is 0.965. The van der Waals surface area contributed by atoms with E-state index in [9.17, 15) is 13.2 Å². The molecule has 1 aromatic carbocycles. The van der Waals surface area contributed by atoms with Crippen LogP contribution < -0.4 is 10.0 Å². The summed E-state index contributed by atoms with van der Waals surface area (Å²) in [6.07, 6.45) is 1.77. The molecule has 1 amide bonds. The maximum Gasteiger partial charge on any atom is 0.251 e. The first-order valence-electron chi connectivity index (χ1n) is 9.00. The van der Waals surface area contributed by atoms with Crippen molar-refractivity contribution in [2.24, 2.45) is 0 Å². The molecule has 26 heavy (non-hydrogen) atoms. The van der Waals surface area contributed by atoms with Crippen LogP contribution in [0.5, 0.6) is 0 Å². The second-order valence-electron chi connectivity index (χ2n) is 7.33. The molecule has 0 radical (unpaired) electrons. The summed E-state index contributed by atoms with van der Waals surface area (Å²) in [7, 11) is -2.15. The minimum Gasteiger partial charge on any atom is -0.378 e. The van der Waals surface area contributed by atoms with Crippen LogP contribution in [-0.4, -0.2) is 63.7 Å². The number of benzene rings is 1. The maximum absolute atomic E-state index is 12.8. The summed E-state index contributed by atoms with van der Waals surface area (Å²) in [5.74, 6) is -0.230. The molecule has 144 valence electrons. The van der Waals surface area contributed by atoms with Gasteiger partial charge in [-0.25, -0.2) is 13.1 Å². The van der Waals surface area contributed by atoms with Crippen LogP contribution in [0.1, 0.15) is 37.0 Å². The average molecular weight is 381 g/mol. The largest absolute Gasteiger partial charge is 0.378 e. The third kappa shape index (κ3) is 4.43. The summed E-state index contributed by atoms with van der Waals surface area (Å²) in [5, 5.41) is 2.88. The summed E-state index contributed by atoms with van der Waals surface area (Å²) in [6, 6.07) is 6.38. The Bertz CT molecular complexity index is 761. The molecule has 2 atom stereocenters. The first-order chi connectivity index (χ1) is 12.3. The Balaban J connectivity index is 1.74. The highest BCUT2D eigenvalue weighted by molar-refractivity contribution is 7.89. The van der Waals surface area contributed by atoms with Crippen molar-refractivity contribution in [2.45, 2.75) is 55.8 Å². The summed E-state index contributed by atoms with van der Waals surface area (Å²) in [4.78, 5) is 14.5. The van der Waals surface area contributed by atoms with Gasteiger partial charge in [0.2, 0.25) is 10.0 Å². The van der Waals surface area contributed by atoms with Gasteiger partial charge in [0.1, 0.15) is 0 Å². The lowest BCUT2D eigenvalue weighted by atomic mass is 10.2. The van der Waals surface area contributed by atoms with Crippen molar-refractivity contribution < 1.29 is 17.9 Å². The number of nitrogens with zero attached hydrogens (tertiary/aromatic N) is 1. The molecule has 8 heteroatoms. The van der Waals surface area contributed by atoms with Crippen LogP contribution in [-0.2, 0) is 14.8 Å². The third-order valence-electron chi connectivity index (χ3n) is 4.95. The van der Waals surface area contributed by atoms with Crippen molar-refractivity contribution in [3.05, 3.63) is 29.8 Å². The van der Waals surface area contributed by atoms with Crippen molar-refractivity contribution in [1.29, 1.82) is 0 Å². The molecule has 0 spiro atoms. The number of amides is 1. The molecule has 0 bridgehead atoms. The molecule has 2 aliphatic rings. The lowest BCUT2D eigenvalue weighted by Crippen LogP contribution is -2.43. The lowest BCUT2D eigenvalue weighted by Gasteiger charge is -2.20. The van der Waals surface area contributed by atoms with E-state index in [2.05, 4.69) is 28.8 Å². The number of rotatable bonds is 7. The highest BCUT2D eigenvalue weighted by atomic mass is 32.2. The standard InChI is InChI=1S/C18H27N3O4S/c1-12(2)21-10-16(17(11-21)25-3)20-26(23,24)15-6-4-5-13(9-15)18(22)19-14-7-8-14/h4-6,9,12,14,16-17,20H,7-8,10-11H2,1-3H3,(H,19,22)/t16-,17-/m0/s1. The van der Waals surface area contributed by atoms with Gasteiger partial charge in [-0.2, -0.15) is 0 Å². The fraction of sp³-hybridized carbons (Fsp3) is 0.611. The van der Waals surface area contributed by atoms with Crippen LogP contribution in [0.4, 0.5) is 0 Å². The van der Waals surface area contributed by atoms with Crippen molar-refractivity contribution in [3.63, 3.8) is 0 Å². The van der Waals surface area contributed by atoms with Crippen LogP contribution in [0.3, 0.4) is 0 Å². The van der Waals surface area contributed by atoms with Crippen LogP contribution in [0, 0.1) is 0 Å². The maximum atomic E-state index is 12.8. The molecule has 1 saturated heterocycles. The van der Waals surface area contributed by atoms with Crippen molar-refractivity contribution in [1.82, 2.24) is 14.9 Å². The minimum atomic E-state index is -3.74. The van der Waals surface area contributed by atoms with Gasteiger partial charge in [0.05, 0.1) is 17.0 Å². The zero-order valence-corrected chi connectivity index (χ0v) is 16.3. The Morgan fingerprint density at radius 1 is 1.27 bits per heavy atom. The summed E-state index contributed by atoms with van der Waals surface area (Å²) >= 11 is 0. The highest BCUT2D eigenvalue weighted by Gasteiger charge is 2.37. The van der Waals surface area contributed by atoms with E-state index in [1.165, 1.54) is 12.1 Å². The highest BCUT2D eigenvalue weighted by Crippen LogP contribution is 2.21. The van der Waals surface area contributed by atoms with E-state index in [1.807, 2.05) is 0 Å². The van der Waals surface area contributed by atoms with E-state index in [0.29, 0.717) is 24.7 Å². The third-order valence-corrected chi connectivity index (χ3v) is 6.44. The van der Waals surface area contributed by atoms with E-state index < -0.39 is 10.0 Å². The van der Waals surface area contributed by atoms with Gasteiger partial charge in [0.15, 0.2) is 0 Å². The molecule has 0 aromatic heterocycles. The monoisotopic (exact) mass is 381 g/mol. The van der Waals surface area contributed by atoms with Gasteiger partial charge in [0, 0.05) is 37.8 Å². The molecule has 1 aromatic rings. The van der Waals surface area contributed by atoms with Gasteiger partial charge in [-0.05, 0) is 44.9 Å². The topological polar surface area (TPSA) is 87.7 Å². The van der Waals surface area contributed by atoms with E-state index in [4.69, 9.17) is 4.74 Å². The number of carbonyl (C=O) groups excluding carboxylic acids is 1. The number of nitrogens with one attached hydrogen (secondary N) is 2. The Morgan fingerprint density at radius 3 is 2.62 bits per heavy atom. The zero-order chi connectivity index (χ0) is 18.9. The quantitative estimate of drug-likeness (QED) is 0.735. The Labute approximate surface area is 155 Å². The van der Waals surface area contributed by atoms with Gasteiger partial charge in [-0.3, -0.25) is 9.69 Å². The fourth-order valence-electron chi connectivity index (χ4n) is 3.14. The van der Waals surface area contributed by atoms with Crippen LogP contribution >= 0.6 is 0 Å². The number of likely N-dealkylation sites (tertiary alicyclic amines) is 1. The van der Waals surface area contributed by atoms with Crippen molar-refractivity contribution >= 4 is 15.9 Å². The second kappa shape index (κ2) is 7.64. The molecule has 1 heterocycles. The average Bonchev–Trinajstić information content (AvgIpc) is 3.32. The van der Waals surface area contributed by atoms with Crippen LogP contribution in [0.25, 0.3) is 0 Å².